The monoisotopic (exact) mass is 335 g/mol. The summed E-state index contributed by atoms with van der Waals surface area (Å²) in [4.78, 5) is 21.1. The molecule has 0 radical (unpaired) electrons. The zero-order valence-electron chi connectivity index (χ0n) is 10.5. The second-order valence-corrected chi connectivity index (χ2v) is 4.96. The summed E-state index contributed by atoms with van der Waals surface area (Å²) in [6.45, 7) is 1.91. The fraction of sp³-hybridized carbons (Fsp3) is 0.0714. The quantitative estimate of drug-likeness (QED) is 0.475. The van der Waals surface area contributed by atoms with Gasteiger partial charge in [0.15, 0.2) is 6.29 Å². The molecule has 0 bridgehead atoms. The lowest BCUT2D eigenvalue weighted by Crippen LogP contribution is -1.94. The van der Waals surface area contributed by atoms with Crippen molar-refractivity contribution in [1.82, 2.24) is 0 Å². The lowest BCUT2D eigenvalue weighted by Gasteiger charge is -2.09. The maximum absolute atomic E-state index is 11.0. The molecule has 0 saturated heterocycles. The Morgan fingerprint density at radius 3 is 2.60 bits per heavy atom. The van der Waals surface area contributed by atoms with Gasteiger partial charge in [0.25, 0.3) is 5.69 Å². The van der Waals surface area contributed by atoms with Crippen LogP contribution in [0, 0.1) is 17.0 Å². The van der Waals surface area contributed by atoms with Crippen LogP contribution in [0.25, 0.3) is 0 Å². The lowest BCUT2D eigenvalue weighted by molar-refractivity contribution is -0.384. The molecule has 0 heterocycles. The molecule has 0 atom stereocenters. The van der Waals surface area contributed by atoms with Gasteiger partial charge in [-0.05, 0) is 36.8 Å². The van der Waals surface area contributed by atoms with E-state index in [0.717, 1.165) is 10.0 Å². The van der Waals surface area contributed by atoms with Crippen LogP contribution >= 0.6 is 15.9 Å². The smallest absolute Gasteiger partial charge is 0.270 e. The molecular formula is C14H10BrNO4. The summed E-state index contributed by atoms with van der Waals surface area (Å²) in [5.41, 5.74) is 0.975. The fourth-order valence-corrected chi connectivity index (χ4v) is 1.89. The number of carbonyl (C=O) groups excluding carboxylic acids is 1. The van der Waals surface area contributed by atoms with Gasteiger partial charge in [-0.3, -0.25) is 14.9 Å². The molecule has 5 nitrogen and oxygen atoms in total. The Morgan fingerprint density at radius 1 is 1.25 bits per heavy atom. The van der Waals surface area contributed by atoms with Gasteiger partial charge in [0.1, 0.15) is 11.5 Å². The highest BCUT2D eigenvalue weighted by atomic mass is 79.9. The van der Waals surface area contributed by atoms with Gasteiger partial charge >= 0.3 is 0 Å². The van der Waals surface area contributed by atoms with Gasteiger partial charge in [-0.1, -0.05) is 15.9 Å². The number of hydrogen-bond acceptors (Lipinski definition) is 4. The van der Waals surface area contributed by atoms with E-state index in [2.05, 4.69) is 15.9 Å². The Balaban J connectivity index is 2.35. The molecule has 2 aromatic carbocycles. The summed E-state index contributed by atoms with van der Waals surface area (Å²) in [5.74, 6) is 0.843. The molecule has 0 aliphatic rings. The van der Waals surface area contributed by atoms with E-state index in [1.165, 1.54) is 18.2 Å². The molecule has 0 spiro atoms. The first-order chi connectivity index (χ1) is 9.51. The van der Waals surface area contributed by atoms with Gasteiger partial charge in [0, 0.05) is 16.6 Å². The summed E-state index contributed by atoms with van der Waals surface area (Å²) in [6, 6.07) is 9.28. The minimum atomic E-state index is -0.555. The van der Waals surface area contributed by atoms with Gasteiger partial charge < -0.3 is 4.74 Å². The second-order valence-electron chi connectivity index (χ2n) is 4.11. The van der Waals surface area contributed by atoms with Crippen molar-refractivity contribution in [1.29, 1.82) is 0 Å². The van der Waals surface area contributed by atoms with Crippen molar-refractivity contribution < 1.29 is 14.5 Å². The lowest BCUT2D eigenvalue weighted by atomic mass is 10.2. The zero-order chi connectivity index (χ0) is 14.7. The van der Waals surface area contributed by atoms with Crippen molar-refractivity contribution in [3.05, 3.63) is 62.1 Å². The number of ether oxygens (including phenoxy) is 1. The Kier molecular flexibility index (Phi) is 4.14. The van der Waals surface area contributed by atoms with E-state index in [4.69, 9.17) is 4.74 Å². The zero-order valence-corrected chi connectivity index (χ0v) is 12.1. The molecule has 0 fully saturated rings. The number of nitro groups is 1. The van der Waals surface area contributed by atoms with Crippen molar-refractivity contribution in [2.45, 2.75) is 6.92 Å². The Morgan fingerprint density at radius 2 is 2.00 bits per heavy atom. The van der Waals surface area contributed by atoms with Crippen molar-refractivity contribution >= 4 is 27.9 Å². The van der Waals surface area contributed by atoms with E-state index < -0.39 is 4.92 Å². The van der Waals surface area contributed by atoms with Crippen LogP contribution in [-0.4, -0.2) is 11.2 Å². The van der Waals surface area contributed by atoms with Gasteiger partial charge in [-0.2, -0.15) is 0 Å². The molecule has 0 aliphatic carbocycles. The number of benzene rings is 2. The van der Waals surface area contributed by atoms with Crippen LogP contribution in [0.2, 0.25) is 0 Å². The van der Waals surface area contributed by atoms with Crippen molar-refractivity contribution in [2.75, 3.05) is 0 Å². The molecular weight excluding hydrogens is 326 g/mol. The predicted molar refractivity (Wildman–Crippen MR) is 77.4 cm³/mol. The predicted octanol–water partition coefficient (Wildman–Crippen LogP) is 4.27. The van der Waals surface area contributed by atoms with Crippen LogP contribution in [0.15, 0.2) is 40.9 Å². The van der Waals surface area contributed by atoms with Crippen LogP contribution < -0.4 is 4.74 Å². The van der Waals surface area contributed by atoms with E-state index >= 15 is 0 Å². The molecule has 0 aliphatic heterocycles. The number of hydrogen-bond donors (Lipinski definition) is 0. The molecule has 0 N–H and O–H groups in total. The largest absolute Gasteiger partial charge is 0.457 e. The summed E-state index contributed by atoms with van der Waals surface area (Å²) in [6.07, 6.45) is 0.536. The van der Waals surface area contributed by atoms with Gasteiger partial charge in [0.05, 0.1) is 10.5 Å². The molecule has 102 valence electrons. The average Bonchev–Trinajstić information content (AvgIpc) is 2.43. The summed E-state index contributed by atoms with van der Waals surface area (Å²) < 4.78 is 6.54. The Hall–Kier alpha value is -2.21. The van der Waals surface area contributed by atoms with Crippen LogP contribution in [-0.2, 0) is 0 Å². The number of aryl methyl sites for hydroxylation is 1. The number of halogens is 1. The highest BCUT2D eigenvalue weighted by molar-refractivity contribution is 9.10. The van der Waals surface area contributed by atoms with Gasteiger partial charge in [-0.25, -0.2) is 0 Å². The van der Waals surface area contributed by atoms with E-state index in [1.807, 2.05) is 13.0 Å². The van der Waals surface area contributed by atoms with Gasteiger partial charge in [-0.15, -0.1) is 0 Å². The maximum Gasteiger partial charge on any atom is 0.270 e. The number of non-ortho nitro benzene ring substituents is 1. The number of aldehydes is 1. The molecule has 2 rings (SSSR count). The van der Waals surface area contributed by atoms with Gasteiger partial charge in [0.2, 0.25) is 0 Å². The normalized spacial score (nSPS) is 10.1. The minimum Gasteiger partial charge on any atom is -0.457 e. The minimum absolute atomic E-state index is 0.139. The number of rotatable bonds is 4. The van der Waals surface area contributed by atoms with Crippen LogP contribution in [0.4, 0.5) is 5.69 Å². The van der Waals surface area contributed by atoms with Crippen molar-refractivity contribution in [3.63, 3.8) is 0 Å². The van der Waals surface area contributed by atoms with E-state index in [0.29, 0.717) is 12.0 Å². The van der Waals surface area contributed by atoms with Crippen molar-refractivity contribution in [3.8, 4) is 11.5 Å². The first-order valence-electron chi connectivity index (χ1n) is 5.69. The third-order valence-corrected chi connectivity index (χ3v) is 3.58. The number of nitro benzene ring substituents is 1. The highest BCUT2D eigenvalue weighted by Gasteiger charge is 2.12. The van der Waals surface area contributed by atoms with Crippen LogP contribution in [0.1, 0.15) is 15.9 Å². The van der Waals surface area contributed by atoms with Crippen LogP contribution in [0.5, 0.6) is 11.5 Å². The van der Waals surface area contributed by atoms with E-state index in [-0.39, 0.29) is 17.0 Å². The van der Waals surface area contributed by atoms with E-state index in [1.54, 1.807) is 12.1 Å². The number of nitrogens with zero attached hydrogens (tertiary/aromatic N) is 1. The molecule has 0 unspecified atom stereocenters. The molecule has 0 aromatic heterocycles. The molecule has 20 heavy (non-hydrogen) atoms. The van der Waals surface area contributed by atoms with Crippen LogP contribution in [0.3, 0.4) is 0 Å². The first kappa shape index (κ1) is 14.2. The molecule has 6 heteroatoms. The topological polar surface area (TPSA) is 69.4 Å². The standard InChI is InChI=1S/C14H10BrNO4/c1-9-6-12(3-4-13(9)15)20-14-5-2-11(16(18)19)7-10(14)8-17/h2-8H,1H3. The Labute approximate surface area is 123 Å². The molecule has 2 aromatic rings. The number of carbonyl (C=O) groups is 1. The first-order valence-corrected chi connectivity index (χ1v) is 6.48. The third kappa shape index (κ3) is 3.03. The SMILES string of the molecule is Cc1cc(Oc2ccc([N+](=O)[O-])cc2C=O)ccc1Br. The van der Waals surface area contributed by atoms with E-state index in [9.17, 15) is 14.9 Å². The fourth-order valence-electron chi connectivity index (χ4n) is 1.64. The summed E-state index contributed by atoms with van der Waals surface area (Å²) in [5, 5.41) is 10.7. The third-order valence-electron chi connectivity index (χ3n) is 2.69. The average molecular weight is 336 g/mol. The van der Waals surface area contributed by atoms with Crippen molar-refractivity contribution in [2.24, 2.45) is 0 Å². The molecule has 0 amide bonds. The Bertz CT molecular complexity index is 685. The summed E-state index contributed by atoms with van der Waals surface area (Å²) in [7, 11) is 0. The second kappa shape index (κ2) is 5.83. The molecule has 0 saturated carbocycles. The summed E-state index contributed by atoms with van der Waals surface area (Å²) >= 11 is 3.38. The highest BCUT2D eigenvalue weighted by Crippen LogP contribution is 2.29. The maximum atomic E-state index is 11.0.